The zero-order valence-corrected chi connectivity index (χ0v) is 18.7. The molecule has 32 heavy (non-hydrogen) atoms. The lowest BCUT2D eigenvalue weighted by Gasteiger charge is -2.19. The molecular weight excluding hydrogens is 444 g/mol. The first-order valence-corrected chi connectivity index (χ1v) is 12.1. The van der Waals surface area contributed by atoms with Crippen LogP contribution in [0.15, 0.2) is 58.0 Å². The molecule has 8 nitrogen and oxygen atoms in total. The second kappa shape index (κ2) is 8.79. The Bertz CT molecular complexity index is 1180. The van der Waals surface area contributed by atoms with E-state index in [1.54, 1.807) is 29.9 Å². The van der Waals surface area contributed by atoms with Crippen LogP contribution in [0.4, 0.5) is 5.13 Å². The van der Waals surface area contributed by atoms with Crippen molar-refractivity contribution in [2.45, 2.75) is 35.7 Å². The Kier molecular flexibility index (Phi) is 5.71. The molecule has 4 heterocycles. The van der Waals surface area contributed by atoms with Gasteiger partial charge in [0.05, 0.1) is 22.9 Å². The Balaban J connectivity index is 1.22. The van der Waals surface area contributed by atoms with Crippen molar-refractivity contribution in [2.75, 3.05) is 11.1 Å². The smallest absolute Gasteiger partial charge is 0.236 e. The summed E-state index contributed by atoms with van der Waals surface area (Å²) in [5.74, 6) is 0.469. The highest BCUT2D eigenvalue weighted by Crippen LogP contribution is 2.41. The number of Topliss-reactive ketones (excluding diaryl/α,β-unsaturated/α-hetero) is 1. The fourth-order valence-corrected chi connectivity index (χ4v) is 4.84. The SMILES string of the molecule is O=C(CSc1ccccn1)Nc1nc(CC(=O)C2(c3cc(C4CC4)[nH]n3)C=CC=N2)cs1. The molecule has 0 radical (unpaired) electrons. The minimum Gasteiger partial charge on any atom is -0.301 e. The third kappa shape index (κ3) is 4.42. The summed E-state index contributed by atoms with van der Waals surface area (Å²) in [4.78, 5) is 38.6. The molecule has 0 spiro atoms. The zero-order chi connectivity index (χ0) is 22.0. The number of ketones is 1. The molecule has 1 atom stereocenters. The molecule has 162 valence electrons. The molecule has 10 heteroatoms. The van der Waals surface area contributed by atoms with Gasteiger partial charge in [-0.15, -0.1) is 11.3 Å². The summed E-state index contributed by atoms with van der Waals surface area (Å²) in [6.45, 7) is 0. The second-order valence-electron chi connectivity index (χ2n) is 7.64. The summed E-state index contributed by atoms with van der Waals surface area (Å²) in [6, 6.07) is 7.52. The molecule has 3 aromatic rings. The highest BCUT2D eigenvalue weighted by atomic mass is 32.2. The van der Waals surface area contributed by atoms with Gasteiger partial charge in [0, 0.05) is 29.4 Å². The Morgan fingerprint density at radius 3 is 2.97 bits per heavy atom. The van der Waals surface area contributed by atoms with Crippen LogP contribution in [0.5, 0.6) is 0 Å². The van der Waals surface area contributed by atoms with Crippen molar-refractivity contribution >= 4 is 46.1 Å². The van der Waals surface area contributed by atoms with Gasteiger partial charge in [-0.05, 0) is 43.2 Å². The number of pyridine rings is 1. The molecule has 2 aliphatic rings. The van der Waals surface area contributed by atoms with E-state index in [1.165, 1.54) is 23.1 Å². The van der Waals surface area contributed by atoms with Crippen LogP contribution in [0.25, 0.3) is 0 Å². The molecule has 1 aliphatic carbocycles. The monoisotopic (exact) mass is 464 g/mol. The predicted molar refractivity (Wildman–Crippen MR) is 124 cm³/mol. The van der Waals surface area contributed by atoms with Crippen molar-refractivity contribution < 1.29 is 9.59 Å². The largest absolute Gasteiger partial charge is 0.301 e. The van der Waals surface area contributed by atoms with Gasteiger partial charge in [-0.2, -0.15) is 5.10 Å². The van der Waals surface area contributed by atoms with Crippen LogP contribution in [-0.4, -0.2) is 43.8 Å². The van der Waals surface area contributed by atoms with Crippen LogP contribution in [0.2, 0.25) is 0 Å². The number of H-pyrrole nitrogens is 1. The number of hydrogen-bond acceptors (Lipinski definition) is 8. The maximum Gasteiger partial charge on any atom is 0.236 e. The van der Waals surface area contributed by atoms with Crippen LogP contribution >= 0.6 is 23.1 Å². The number of hydrogen-bond donors (Lipinski definition) is 2. The first-order chi connectivity index (χ1) is 15.6. The van der Waals surface area contributed by atoms with Crippen molar-refractivity contribution in [1.29, 1.82) is 0 Å². The van der Waals surface area contributed by atoms with E-state index in [1.807, 2.05) is 24.3 Å². The van der Waals surface area contributed by atoms with Crippen molar-refractivity contribution in [3.8, 4) is 0 Å². The van der Waals surface area contributed by atoms with Gasteiger partial charge < -0.3 is 5.32 Å². The molecule has 2 N–H and O–H groups in total. The molecule has 1 amide bonds. The van der Waals surface area contributed by atoms with E-state index in [9.17, 15) is 9.59 Å². The Labute approximate surface area is 192 Å². The van der Waals surface area contributed by atoms with Gasteiger partial charge in [0.15, 0.2) is 16.5 Å². The summed E-state index contributed by atoms with van der Waals surface area (Å²) in [5.41, 5.74) is 1.16. The number of rotatable bonds is 9. The van der Waals surface area contributed by atoms with E-state index >= 15 is 0 Å². The maximum absolute atomic E-state index is 13.3. The lowest BCUT2D eigenvalue weighted by Crippen LogP contribution is -2.32. The van der Waals surface area contributed by atoms with Crippen LogP contribution in [0, 0.1) is 0 Å². The van der Waals surface area contributed by atoms with E-state index in [0.29, 0.717) is 22.4 Å². The van der Waals surface area contributed by atoms with Gasteiger partial charge in [0.1, 0.15) is 5.69 Å². The minimum atomic E-state index is -1.12. The third-order valence-electron chi connectivity index (χ3n) is 5.26. The number of thiazole rings is 1. The average Bonchev–Trinajstić information content (AvgIpc) is 3.20. The van der Waals surface area contributed by atoms with Gasteiger partial charge in [0.25, 0.3) is 0 Å². The molecular formula is C22H20N6O2S2. The number of aromatic nitrogens is 4. The number of allylic oxidation sites excluding steroid dienone is 1. The quantitative estimate of drug-likeness (QED) is 0.469. The van der Waals surface area contributed by atoms with Crippen molar-refractivity contribution in [2.24, 2.45) is 4.99 Å². The molecule has 0 bridgehead atoms. The molecule has 1 unspecified atom stereocenters. The zero-order valence-electron chi connectivity index (χ0n) is 17.0. The van der Waals surface area contributed by atoms with E-state index in [-0.39, 0.29) is 23.9 Å². The first-order valence-electron chi connectivity index (χ1n) is 10.2. The van der Waals surface area contributed by atoms with Crippen LogP contribution in [-0.2, 0) is 21.5 Å². The van der Waals surface area contributed by atoms with Gasteiger partial charge in [-0.25, -0.2) is 9.97 Å². The summed E-state index contributed by atoms with van der Waals surface area (Å²) in [5, 5.41) is 13.3. The predicted octanol–water partition coefficient (Wildman–Crippen LogP) is 3.52. The Hall–Kier alpha value is -3.11. The van der Waals surface area contributed by atoms with E-state index in [0.717, 1.165) is 23.6 Å². The highest BCUT2D eigenvalue weighted by molar-refractivity contribution is 7.99. The highest BCUT2D eigenvalue weighted by Gasteiger charge is 2.41. The number of carbonyl (C=O) groups excluding carboxylic acids is 2. The Morgan fingerprint density at radius 2 is 2.22 bits per heavy atom. The molecule has 1 aliphatic heterocycles. The molecule has 0 aromatic carbocycles. The maximum atomic E-state index is 13.3. The lowest BCUT2D eigenvalue weighted by molar-refractivity contribution is -0.122. The second-order valence-corrected chi connectivity index (χ2v) is 9.49. The summed E-state index contributed by atoms with van der Waals surface area (Å²) in [7, 11) is 0. The number of aromatic amines is 1. The van der Waals surface area contributed by atoms with Gasteiger partial charge in [0.2, 0.25) is 5.91 Å². The minimum absolute atomic E-state index is 0.0996. The fourth-order valence-electron chi connectivity index (χ4n) is 3.45. The van der Waals surface area contributed by atoms with Crippen LogP contribution in [0.3, 0.4) is 0 Å². The van der Waals surface area contributed by atoms with Crippen molar-refractivity contribution in [3.05, 3.63) is 65.1 Å². The molecule has 1 saturated carbocycles. The molecule has 0 saturated heterocycles. The molecule has 1 fully saturated rings. The summed E-state index contributed by atoms with van der Waals surface area (Å²) < 4.78 is 0. The summed E-state index contributed by atoms with van der Waals surface area (Å²) >= 11 is 2.65. The van der Waals surface area contributed by atoms with Crippen molar-refractivity contribution in [1.82, 2.24) is 20.2 Å². The number of thioether (sulfide) groups is 1. The van der Waals surface area contributed by atoms with Crippen LogP contribution < -0.4 is 5.32 Å². The lowest BCUT2D eigenvalue weighted by atomic mass is 9.88. The normalized spacial score (nSPS) is 19.4. The van der Waals surface area contributed by atoms with Crippen LogP contribution in [0.1, 0.15) is 35.8 Å². The Morgan fingerprint density at radius 1 is 1.31 bits per heavy atom. The van der Waals surface area contributed by atoms with E-state index in [2.05, 4.69) is 30.5 Å². The number of aliphatic imine (C=N–C) groups is 1. The standard InChI is InChI=1S/C22H20N6O2S2/c29-18(22(7-3-9-24-22)17-11-16(27-28-17)14-5-6-14)10-15-12-32-21(25-15)26-19(30)13-31-20-4-1-2-8-23-20/h1-4,7-9,11-12,14H,5-6,10,13H2,(H,27,28)(H,25,26,30). The molecule has 3 aromatic heterocycles. The average molecular weight is 465 g/mol. The fraction of sp³-hybridized carbons (Fsp3) is 0.273. The van der Waals surface area contributed by atoms with E-state index in [4.69, 9.17) is 0 Å². The van der Waals surface area contributed by atoms with E-state index < -0.39 is 5.54 Å². The third-order valence-corrected chi connectivity index (χ3v) is 7.01. The van der Waals surface area contributed by atoms with Gasteiger partial charge >= 0.3 is 0 Å². The topological polar surface area (TPSA) is 113 Å². The van der Waals surface area contributed by atoms with Crippen molar-refractivity contribution in [3.63, 3.8) is 0 Å². The molecule has 5 rings (SSSR count). The number of anilines is 1. The number of amides is 1. The number of carbonyl (C=O) groups is 2. The van der Waals surface area contributed by atoms with Gasteiger partial charge in [-0.1, -0.05) is 17.8 Å². The number of nitrogens with zero attached hydrogens (tertiary/aromatic N) is 4. The van der Waals surface area contributed by atoms with Gasteiger partial charge in [-0.3, -0.25) is 19.7 Å². The first kappa shape index (κ1) is 20.8. The number of nitrogens with one attached hydrogen (secondary N) is 2. The summed E-state index contributed by atoms with van der Waals surface area (Å²) in [6.07, 6.45) is 9.28.